The number of benzene rings is 1. The highest BCUT2D eigenvalue weighted by Crippen LogP contribution is 2.38. The van der Waals surface area contributed by atoms with Crippen LogP contribution in [0.25, 0.3) is 0 Å². The molecule has 0 saturated carbocycles. The quantitative estimate of drug-likeness (QED) is 0.710. The molecule has 6 nitrogen and oxygen atoms in total. The predicted octanol–water partition coefficient (Wildman–Crippen LogP) is 5.03. The number of hydrogen-bond donors (Lipinski definition) is 2. The van der Waals surface area contributed by atoms with E-state index >= 15 is 0 Å². The van der Waals surface area contributed by atoms with Crippen LogP contribution >= 0.6 is 23.4 Å². The van der Waals surface area contributed by atoms with Crippen molar-refractivity contribution in [3.05, 3.63) is 35.0 Å². The van der Waals surface area contributed by atoms with E-state index < -0.39 is 5.25 Å². The first-order chi connectivity index (χ1) is 13.3. The van der Waals surface area contributed by atoms with Crippen LogP contribution in [-0.4, -0.2) is 26.8 Å². The Balaban J connectivity index is 1.77. The second-order valence-electron chi connectivity index (χ2n) is 9.24. The third-order valence-corrected chi connectivity index (χ3v) is 6.02. The molecule has 0 aliphatic carbocycles. The molecule has 2 amide bonds. The lowest BCUT2D eigenvalue weighted by molar-refractivity contribution is -0.120. The number of amides is 2. The minimum absolute atomic E-state index is 0.0682. The summed E-state index contributed by atoms with van der Waals surface area (Å²) in [5.41, 5.74) is 1.16. The van der Waals surface area contributed by atoms with E-state index in [1.165, 1.54) is 11.8 Å². The van der Waals surface area contributed by atoms with Crippen molar-refractivity contribution in [2.45, 2.75) is 69.1 Å². The van der Waals surface area contributed by atoms with E-state index in [9.17, 15) is 9.59 Å². The Bertz CT molecular complexity index is 957. The van der Waals surface area contributed by atoms with Crippen LogP contribution in [0.4, 0.5) is 11.5 Å². The Kier molecular flexibility index (Phi) is 5.75. The van der Waals surface area contributed by atoms with Crippen molar-refractivity contribution < 1.29 is 9.59 Å². The van der Waals surface area contributed by atoms with Crippen LogP contribution in [0, 0.1) is 0 Å². The van der Waals surface area contributed by atoms with Gasteiger partial charge in [0.2, 0.25) is 11.8 Å². The summed E-state index contributed by atoms with van der Waals surface area (Å²) in [6.45, 7) is 12.4. The molecule has 1 aliphatic heterocycles. The summed E-state index contributed by atoms with van der Waals surface area (Å²) >= 11 is 7.37. The van der Waals surface area contributed by atoms with Gasteiger partial charge < -0.3 is 10.6 Å². The number of nitrogens with zero attached hydrogens (tertiary/aromatic N) is 2. The van der Waals surface area contributed by atoms with Crippen molar-refractivity contribution in [3.63, 3.8) is 0 Å². The molecule has 3 rings (SSSR count). The molecule has 8 heteroatoms. The lowest BCUT2D eigenvalue weighted by Gasteiger charge is -2.25. The molecule has 0 radical (unpaired) electrons. The standard InChI is InChI=1S/C21H27ClN4O2S/c1-20(2,3)16-11-17(26(25-16)21(4,5)6)24-18(27)10-15-19(28)23-13-9-12(22)7-8-14(13)29-15/h7-9,11,15H,10H2,1-6H3,(H,23,28)(H,24,27). The van der Waals surface area contributed by atoms with Crippen LogP contribution in [0.5, 0.6) is 0 Å². The van der Waals surface area contributed by atoms with Crippen LogP contribution in [-0.2, 0) is 20.5 Å². The molecule has 1 aliphatic rings. The summed E-state index contributed by atoms with van der Waals surface area (Å²) in [7, 11) is 0. The summed E-state index contributed by atoms with van der Waals surface area (Å²) in [6.07, 6.45) is 0.0682. The van der Waals surface area contributed by atoms with Crippen molar-refractivity contribution in [3.8, 4) is 0 Å². The zero-order valence-electron chi connectivity index (χ0n) is 17.6. The van der Waals surface area contributed by atoms with E-state index in [2.05, 4.69) is 31.4 Å². The average molecular weight is 435 g/mol. The summed E-state index contributed by atoms with van der Waals surface area (Å²) < 4.78 is 1.83. The van der Waals surface area contributed by atoms with Gasteiger partial charge in [0.1, 0.15) is 5.82 Å². The van der Waals surface area contributed by atoms with E-state index in [1.807, 2.05) is 37.6 Å². The van der Waals surface area contributed by atoms with Gasteiger partial charge >= 0.3 is 0 Å². The molecule has 2 heterocycles. The fourth-order valence-corrected chi connectivity index (χ4v) is 4.23. The number of thioether (sulfide) groups is 1. The largest absolute Gasteiger partial charge is 0.324 e. The lowest BCUT2D eigenvalue weighted by atomic mass is 9.92. The molecule has 1 atom stereocenters. The van der Waals surface area contributed by atoms with Crippen LogP contribution in [0.15, 0.2) is 29.2 Å². The Hall–Kier alpha value is -1.99. The van der Waals surface area contributed by atoms with Gasteiger partial charge in [-0.05, 0) is 39.0 Å². The molecule has 1 aromatic carbocycles. The van der Waals surface area contributed by atoms with E-state index in [0.717, 1.165) is 10.6 Å². The van der Waals surface area contributed by atoms with E-state index in [-0.39, 0.29) is 29.2 Å². The van der Waals surface area contributed by atoms with Crippen LogP contribution in [0.2, 0.25) is 5.02 Å². The van der Waals surface area contributed by atoms with E-state index in [0.29, 0.717) is 16.5 Å². The van der Waals surface area contributed by atoms with Crippen molar-refractivity contribution in [2.24, 2.45) is 0 Å². The zero-order chi connectivity index (χ0) is 21.6. The number of carbonyl (C=O) groups is 2. The van der Waals surface area contributed by atoms with Crippen molar-refractivity contribution in [2.75, 3.05) is 10.6 Å². The fraction of sp³-hybridized carbons (Fsp3) is 0.476. The van der Waals surface area contributed by atoms with Gasteiger partial charge in [0.25, 0.3) is 0 Å². The predicted molar refractivity (Wildman–Crippen MR) is 119 cm³/mol. The minimum atomic E-state index is -0.503. The molecule has 156 valence electrons. The molecule has 29 heavy (non-hydrogen) atoms. The number of hydrogen-bond acceptors (Lipinski definition) is 4. The fourth-order valence-electron chi connectivity index (χ4n) is 2.97. The molecular formula is C21H27ClN4O2S. The number of anilines is 2. The molecule has 0 bridgehead atoms. The van der Waals surface area contributed by atoms with E-state index in [1.54, 1.807) is 12.1 Å². The Morgan fingerprint density at radius 2 is 1.93 bits per heavy atom. The summed E-state index contributed by atoms with van der Waals surface area (Å²) in [5.74, 6) is 0.223. The average Bonchev–Trinajstić information content (AvgIpc) is 3.00. The smallest absolute Gasteiger partial charge is 0.238 e. The van der Waals surface area contributed by atoms with E-state index in [4.69, 9.17) is 16.7 Å². The van der Waals surface area contributed by atoms with Gasteiger partial charge in [0.15, 0.2) is 0 Å². The third-order valence-electron chi connectivity index (χ3n) is 4.51. The number of carbonyl (C=O) groups excluding carboxylic acids is 2. The van der Waals surface area contributed by atoms with Gasteiger partial charge in [-0.1, -0.05) is 32.4 Å². The Morgan fingerprint density at radius 1 is 1.24 bits per heavy atom. The topological polar surface area (TPSA) is 76.0 Å². The molecule has 0 fully saturated rings. The maximum absolute atomic E-state index is 12.8. The minimum Gasteiger partial charge on any atom is -0.324 e. The van der Waals surface area contributed by atoms with Crippen molar-refractivity contribution >= 4 is 46.7 Å². The maximum Gasteiger partial charge on any atom is 0.238 e. The first-order valence-electron chi connectivity index (χ1n) is 9.52. The second kappa shape index (κ2) is 7.69. The highest BCUT2D eigenvalue weighted by atomic mass is 35.5. The van der Waals surface area contributed by atoms with Crippen LogP contribution in [0.1, 0.15) is 53.7 Å². The monoisotopic (exact) mass is 434 g/mol. The second-order valence-corrected chi connectivity index (χ2v) is 10.9. The van der Waals surface area contributed by atoms with Gasteiger partial charge in [-0.15, -0.1) is 11.8 Å². The molecular weight excluding hydrogens is 408 g/mol. The number of nitrogens with one attached hydrogen (secondary N) is 2. The molecule has 0 spiro atoms. The number of aromatic nitrogens is 2. The van der Waals surface area contributed by atoms with Gasteiger partial charge in [0, 0.05) is 27.8 Å². The highest BCUT2D eigenvalue weighted by molar-refractivity contribution is 8.01. The SMILES string of the molecule is CC(C)(C)c1cc(NC(=O)CC2Sc3ccc(Cl)cc3NC2=O)n(C(C)(C)C)n1. The molecule has 1 aromatic heterocycles. The molecule has 2 aromatic rings. The number of fused-ring (bicyclic) bond motifs is 1. The summed E-state index contributed by atoms with van der Waals surface area (Å²) in [4.78, 5) is 26.1. The zero-order valence-corrected chi connectivity index (χ0v) is 19.2. The Labute approximate surface area is 180 Å². The highest BCUT2D eigenvalue weighted by Gasteiger charge is 2.31. The molecule has 2 N–H and O–H groups in total. The molecule has 1 unspecified atom stereocenters. The third kappa shape index (κ3) is 4.95. The lowest BCUT2D eigenvalue weighted by Crippen LogP contribution is -2.33. The maximum atomic E-state index is 12.8. The number of halogens is 1. The van der Waals surface area contributed by atoms with Crippen LogP contribution < -0.4 is 10.6 Å². The van der Waals surface area contributed by atoms with Crippen molar-refractivity contribution in [1.82, 2.24) is 9.78 Å². The van der Waals surface area contributed by atoms with Gasteiger partial charge in [0.05, 0.1) is 22.2 Å². The van der Waals surface area contributed by atoms with Gasteiger partial charge in [-0.3, -0.25) is 9.59 Å². The Morgan fingerprint density at radius 3 is 2.55 bits per heavy atom. The number of rotatable bonds is 3. The summed E-state index contributed by atoms with van der Waals surface area (Å²) in [5, 5.41) is 10.6. The van der Waals surface area contributed by atoms with Gasteiger partial charge in [-0.25, -0.2) is 4.68 Å². The summed E-state index contributed by atoms with van der Waals surface area (Å²) in [6, 6.07) is 7.26. The first kappa shape index (κ1) is 21.7. The van der Waals surface area contributed by atoms with Crippen LogP contribution in [0.3, 0.4) is 0 Å². The van der Waals surface area contributed by atoms with Crippen molar-refractivity contribution in [1.29, 1.82) is 0 Å². The van der Waals surface area contributed by atoms with Gasteiger partial charge in [-0.2, -0.15) is 5.10 Å². The normalized spacial score (nSPS) is 16.9. The first-order valence-corrected chi connectivity index (χ1v) is 10.8. The molecule has 0 saturated heterocycles.